The first-order valence-electron chi connectivity index (χ1n) is 5.98. The first-order valence-corrected chi connectivity index (χ1v) is 6.77. The summed E-state index contributed by atoms with van der Waals surface area (Å²) in [4.78, 5) is 12.1. The standard InChI is InChI=1S/C14H13BrF2N2O/c1-9-4-5-10(15)7-11(9)18-14(20)12-3-2-6-19(12)8-13(16)17/h2-7,13H,8H2,1H3,(H,18,20). The molecule has 0 unspecified atom stereocenters. The van der Waals surface area contributed by atoms with E-state index in [4.69, 9.17) is 0 Å². The Labute approximate surface area is 123 Å². The summed E-state index contributed by atoms with van der Waals surface area (Å²) in [7, 11) is 0. The van der Waals surface area contributed by atoms with Crippen LogP contribution in [0.4, 0.5) is 14.5 Å². The zero-order valence-corrected chi connectivity index (χ0v) is 12.3. The van der Waals surface area contributed by atoms with Gasteiger partial charge in [0.05, 0.1) is 6.54 Å². The van der Waals surface area contributed by atoms with Crippen LogP contribution in [0.2, 0.25) is 0 Å². The minimum atomic E-state index is -2.50. The number of hydrogen-bond acceptors (Lipinski definition) is 1. The summed E-state index contributed by atoms with van der Waals surface area (Å²) in [6.07, 6.45) is -1.03. The summed E-state index contributed by atoms with van der Waals surface area (Å²) in [6, 6.07) is 8.59. The van der Waals surface area contributed by atoms with Gasteiger partial charge in [-0.05, 0) is 36.8 Å². The van der Waals surface area contributed by atoms with Crippen LogP contribution in [0.3, 0.4) is 0 Å². The summed E-state index contributed by atoms with van der Waals surface area (Å²) in [5.41, 5.74) is 1.76. The van der Waals surface area contributed by atoms with Gasteiger partial charge in [0.25, 0.3) is 12.3 Å². The fraction of sp³-hybridized carbons (Fsp3) is 0.214. The van der Waals surface area contributed by atoms with Gasteiger partial charge in [0.1, 0.15) is 5.69 Å². The van der Waals surface area contributed by atoms with Crippen LogP contribution >= 0.6 is 15.9 Å². The molecule has 0 aliphatic carbocycles. The van der Waals surface area contributed by atoms with Gasteiger partial charge in [-0.3, -0.25) is 4.79 Å². The molecule has 0 bridgehead atoms. The monoisotopic (exact) mass is 342 g/mol. The van der Waals surface area contributed by atoms with E-state index in [-0.39, 0.29) is 5.69 Å². The normalized spacial score (nSPS) is 10.8. The van der Waals surface area contributed by atoms with Crippen LogP contribution in [0.15, 0.2) is 41.0 Å². The molecule has 1 amide bonds. The third kappa shape index (κ3) is 3.45. The summed E-state index contributed by atoms with van der Waals surface area (Å²) >= 11 is 3.33. The maximum Gasteiger partial charge on any atom is 0.272 e. The molecule has 0 saturated carbocycles. The molecule has 1 heterocycles. The molecule has 6 heteroatoms. The summed E-state index contributed by atoms with van der Waals surface area (Å²) in [5.74, 6) is -0.406. The van der Waals surface area contributed by atoms with Crippen molar-refractivity contribution in [2.45, 2.75) is 19.9 Å². The van der Waals surface area contributed by atoms with Gasteiger partial charge < -0.3 is 9.88 Å². The highest BCUT2D eigenvalue weighted by molar-refractivity contribution is 9.10. The van der Waals surface area contributed by atoms with Gasteiger partial charge in [-0.1, -0.05) is 22.0 Å². The van der Waals surface area contributed by atoms with Crippen LogP contribution in [-0.2, 0) is 6.54 Å². The average Bonchev–Trinajstić information content (AvgIpc) is 2.81. The maximum atomic E-state index is 12.4. The molecule has 20 heavy (non-hydrogen) atoms. The summed E-state index contributed by atoms with van der Waals surface area (Å²) in [6.45, 7) is 1.37. The fourth-order valence-corrected chi connectivity index (χ4v) is 2.20. The number of nitrogens with zero attached hydrogens (tertiary/aromatic N) is 1. The highest BCUT2D eigenvalue weighted by Gasteiger charge is 2.14. The lowest BCUT2D eigenvalue weighted by atomic mass is 10.2. The number of carbonyl (C=O) groups excluding carboxylic acids is 1. The maximum absolute atomic E-state index is 12.4. The molecule has 106 valence electrons. The van der Waals surface area contributed by atoms with Gasteiger partial charge in [-0.2, -0.15) is 0 Å². The second kappa shape index (κ2) is 6.17. The van der Waals surface area contributed by atoms with Crippen molar-refractivity contribution >= 4 is 27.5 Å². The van der Waals surface area contributed by atoms with Gasteiger partial charge in [0, 0.05) is 16.4 Å². The van der Waals surface area contributed by atoms with Crippen LogP contribution in [0.5, 0.6) is 0 Å². The van der Waals surface area contributed by atoms with E-state index in [0.29, 0.717) is 5.69 Å². The number of alkyl halides is 2. The molecule has 2 rings (SSSR count). The molecule has 0 aliphatic rings. The number of benzene rings is 1. The summed E-state index contributed by atoms with van der Waals surface area (Å²) < 4.78 is 26.9. The van der Waals surface area contributed by atoms with Crippen molar-refractivity contribution in [2.75, 3.05) is 5.32 Å². The third-order valence-electron chi connectivity index (χ3n) is 2.84. The number of aromatic nitrogens is 1. The molecule has 0 saturated heterocycles. The van der Waals surface area contributed by atoms with Gasteiger partial charge in [0.15, 0.2) is 0 Å². The Morgan fingerprint density at radius 2 is 2.15 bits per heavy atom. The van der Waals surface area contributed by atoms with Crippen molar-refractivity contribution < 1.29 is 13.6 Å². The Morgan fingerprint density at radius 1 is 1.40 bits per heavy atom. The molecular formula is C14H13BrF2N2O. The Balaban J connectivity index is 2.20. The molecule has 1 aromatic heterocycles. The van der Waals surface area contributed by atoms with Crippen LogP contribution in [-0.4, -0.2) is 16.9 Å². The van der Waals surface area contributed by atoms with Gasteiger partial charge >= 0.3 is 0 Å². The lowest BCUT2D eigenvalue weighted by Gasteiger charge is -2.11. The number of nitrogens with one attached hydrogen (secondary N) is 1. The molecule has 0 spiro atoms. The Bertz CT molecular complexity index is 625. The number of aryl methyl sites for hydroxylation is 1. The molecule has 1 N–H and O–H groups in total. The lowest BCUT2D eigenvalue weighted by Crippen LogP contribution is -2.19. The SMILES string of the molecule is Cc1ccc(Br)cc1NC(=O)c1cccn1CC(F)F. The van der Waals surface area contributed by atoms with Crippen molar-refractivity contribution in [3.05, 3.63) is 52.3 Å². The topological polar surface area (TPSA) is 34.0 Å². The number of amides is 1. The second-order valence-corrected chi connectivity index (χ2v) is 5.27. The third-order valence-corrected chi connectivity index (χ3v) is 3.34. The number of carbonyl (C=O) groups is 1. The van der Waals surface area contributed by atoms with Gasteiger partial charge in [-0.15, -0.1) is 0 Å². The smallest absolute Gasteiger partial charge is 0.272 e. The first-order chi connectivity index (χ1) is 9.47. The van der Waals surface area contributed by atoms with E-state index in [1.807, 2.05) is 19.1 Å². The van der Waals surface area contributed by atoms with Crippen molar-refractivity contribution in [3.63, 3.8) is 0 Å². The average molecular weight is 343 g/mol. The first kappa shape index (κ1) is 14.7. The minimum absolute atomic E-state index is 0.213. The molecule has 0 radical (unpaired) electrons. The molecule has 1 aromatic carbocycles. The molecule has 0 fully saturated rings. The number of halogens is 3. The van der Waals surface area contributed by atoms with E-state index >= 15 is 0 Å². The second-order valence-electron chi connectivity index (χ2n) is 4.35. The van der Waals surface area contributed by atoms with Crippen LogP contribution in [0.25, 0.3) is 0 Å². The molecule has 3 nitrogen and oxygen atoms in total. The molecule has 0 atom stereocenters. The van der Waals surface area contributed by atoms with E-state index in [1.165, 1.54) is 16.8 Å². The van der Waals surface area contributed by atoms with Crippen molar-refractivity contribution in [2.24, 2.45) is 0 Å². The minimum Gasteiger partial charge on any atom is -0.338 e. The van der Waals surface area contributed by atoms with Crippen LogP contribution in [0.1, 0.15) is 16.1 Å². The zero-order valence-electron chi connectivity index (χ0n) is 10.7. The molecular weight excluding hydrogens is 330 g/mol. The number of hydrogen-bond donors (Lipinski definition) is 1. The lowest BCUT2D eigenvalue weighted by molar-refractivity contribution is 0.0997. The van der Waals surface area contributed by atoms with Crippen LogP contribution in [0, 0.1) is 6.92 Å². The van der Waals surface area contributed by atoms with Crippen LogP contribution < -0.4 is 5.32 Å². The fourth-order valence-electron chi connectivity index (χ4n) is 1.84. The number of anilines is 1. The number of rotatable bonds is 4. The van der Waals surface area contributed by atoms with E-state index in [0.717, 1.165) is 10.0 Å². The predicted octanol–water partition coefficient (Wildman–Crippen LogP) is 4.08. The van der Waals surface area contributed by atoms with E-state index in [2.05, 4.69) is 21.2 Å². The highest BCUT2D eigenvalue weighted by atomic mass is 79.9. The molecule has 2 aromatic rings. The zero-order chi connectivity index (χ0) is 14.7. The van der Waals surface area contributed by atoms with Gasteiger partial charge in [0.2, 0.25) is 0 Å². The van der Waals surface area contributed by atoms with E-state index in [9.17, 15) is 13.6 Å². The van der Waals surface area contributed by atoms with Crippen molar-refractivity contribution in [1.82, 2.24) is 4.57 Å². The highest BCUT2D eigenvalue weighted by Crippen LogP contribution is 2.21. The Hall–Kier alpha value is -1.69. The molecule has 0 aliphatic heterocycles. The Morgan fingerprint density at radius 3 is 2.85 bits per heavy atom. The quantitative estimate of drug-likeness (QED) is 0.892. The van der Waals surface area contributed by atoms with Crippen molar-refractivity contribution in [3.8, 4) is 0 Å². The largest absolute Gasteiger partial charge is 0.338 e. The Kier molecular flexibility index (Phi) is 4.54. The van der Waals surface area contributed by atoms with Gasteiger partial charge in [-0.25, -0.2) is 8.78 Å². The van der Waals surface area contributed by atoms with E-state index in [1.54, 1.807) is 12.1 Å². The van der Waals surface area contributed by atoms with E-state index < -0.39 is 18.9 Å². The summed E-state index contributed by atoms with van der Waals surface area (Å²) in [5, 5.41) is 2.73. The predicted molar refractivity (Wildman–Crippen MR) is 77.3 cm³/mol. The van der Waals surface area contributed by atoms with Crippen molar-refractivity contribution in [1.29, 1.82) is 0 Å².